The van der Waals surface area contributed by atoms with Gasteiger partial charge in [0.15, 0.2) is 0 Å². The molecule has 0 atom stereocenters. The highest BCUT2D eigenvalue weighted by Gasteiger charge is 2.38. The van der Waals surface area contributed by atoms with Crippen molar-refractivity contribution in [1.29, 1.82) is 0 Å². The number of hydrogen-bond acceptors (Lipinski definition) is 6. The maximum absolute atomic E-state index is 12.9. The Kier molecular flexibility index (Phi) is 8.86. The van der Waals surface area contributed by atoms with Crippen LogP contribution in [0.1, 0.15) is 30.6 Å². The fourth-order valence-electron chi connectivity index (χ4n) is 2.58. The maximum atomic E-state index is 12.9. The molecule has 0 fully saturated rings. The molecule has 15 heteroatoms. The van der Waals surface area contributed by atoms with E-state index in [1.54, 1.807) is 6.20 Å². The zero-order chi connectivity index (χ0) is 25.6. The number of carboxylic acids is 1. The summed E-state index contributed by atoms with van der Waals surface area (Å²) in [5.74, 6) is -2.52. The second-order valence-electron chi connectivity index (χ2n) is 7.15. The monoisotopic (exact) mass is 508 g/mol. The van der Waals surface area contributed by atoms with Crippen molar-refractivity contribution in [3.63, 3.8) is 0 Å². The van der Waals surface area contributed by atoms with E-state index in [-0.39, 0.29) is 36.9 Å². The molecule has 3 aromatic rings. The van der Waals surface area contributed by atoms with Crippen LogP contribution in [0.25, 0.3) is 10.4 Å². The number of hydrogen-bond donors (Lipinski definition) is 3. The second-order valence-corrected chi connectivity index (χ2v) is 8.32. The lowest BCUT2D eigenvalue weighted by atomic mass is 10.2. The molecular weight excluding hydrogens is 487 g/mol. The molecule has 0 aliphatic heterocycles. The van der Waals surface area contributed by atoms with Crippen LogP contribution in [0.2, 0.25) is 0 Å². The first-order valence-corrected chi connectivity index (χ1v) is 10.5. The van der Waals surface area contributed by atoms with Gasteiger partial charge in [-0.2, -0.15) is 32.1 Å². The molecule has 4 N–H and O–H groups in total. The highest BCUT2D eigenvalue weighted by Crippen LogP contribution is 2.29. The lowest BCUT2D eigenvalue weighted by Crippen LogP contribution is -2.21. The average molecular weight is 508 g/mol. The Morgan fingerprint density at radius 3 is 2.44 bits per heavy atom. The van der Waals surface area contributed by atoms with Crippen LogP contribution in [0, 0.1) is 0 Å². The van der Waals surface area contributed by atoms with E-state index in [0.29, 0.717) is 0 Å². The Hall–Kier alpha value is -3.33. The number of carboxylic acid groups (broad SMARTS) is 1. The number of aliphatic carboxylic acids is 1. The van der Waals surface area contributed by atoms with Crippen molar-refractivity contribution in [2.24, 2.45) is 5.73 Å². The summed E-state index contributed by atoms with van der Waals surface area (Å²) in [5, 5.41) is 17.6. The number of aromatic amines is 1. The first kappa shape index (κ1) is 26.9. The molecule has 0 spiro atoms. The van der Waals surface area contributed by atoms with Gasteiger partial charge in [0.1, 0.15) is 5.82 Å². The van der Waals surface area contributed by atoms with Gasteiger partial charge in [-0.3, -0.25) is 9.25 Å². The summed E-state index contributed by atoms with van der Waals surface area (Å²) >= 11 is 1.52. The summed E-state index contributed by atoms with van der Waals surface area (Å²) in [6.45, 7) is 4.06. The van der Waals surface area contributed by atoms with Crippen LogP contribution in [-0.4, -0.2) is 48.3 Å². The van der Waals surface area contributed by atoms with Crippen LogP contribution in [0.15, 0.2) is 41.0 Å². The number of nitrogens with zero attached hydrogens (tertiary/aromatic N) is 4. The van der Waals surface area contributed by atoms with Gasteiger partial charge < -0.3 is 10.8 Å². The van der Waals surface area contributed by atoms with Gasteiger partial charge in [-0.1, -0.05) is 0 Å². The van der Waals surface area contributed by atoms with Crippen molar-refractivity contribution in [3.05, 3.63) is 57.4 Å². The number of alkyl halides is 3. The molecule has 0 radical (unpaired) electrons. The van der Waals surface area contributed by atoms with Crippen molar-refractivity contribution >= 4 is 17.3 Å². The van der Waals surface area contributed by atoms with Gasteiger partial charge in [0.2, 0.25) is 0 Å². The van der Waals surface area contributed by atoms with Crippen LogP contribution >= 0.6 is 11.3 Å². The zero-order valence-corrected chi connectivity index (χ0v) is 18.8. The molecule has 3 heterocycles. The van der Waals surface area contributed by atoms with E-state index < -0.39 is 23.9 Å². The summed E-state index contributed by atoms with van der Waals surface area (Å²) in [6.07, 6.45) is -3.32. The number of rotatable bonds is 7. The van der Waals surface area contributed by atoms with Gasteiger partial charge in [-0.25, -0.2) is 14.7 Å². The van der Waals surface area contributed by atoms with Crippen LogP contribution in [0.3, 0.4) is 0 Å². The molecule has 0 saturated carbocycles. The summed E-state index contributed by atoms with van der Waals surface area (Å²) in [6, 6.07) is 4.13. The van der Waals surface area contributed by atoms with Crippen LogP contribution < -0.4 is 11.4 Å². The van der Waals surface area contributed by atoms with E-state index in [2.05, 4.69) is 15.3 Å². The molecule has 0 aliphatic rings. The summed E-state index contributed by atoms with van der Waals surface area (Å²) < 4.78 is 60.7. The molecule has 3 rings (SSSR count). The highest BCUT2D eigenvalue weighted by atomic mass is 32.1. The van der Waals surface area contributed by atoms with Gasteiger partial charge in [0, 0.05) is 46.1 Å². The lowest BCUT2D eigenvalue weighted by Gasteiger charge is -2.05. The van der Waals surface area contributed by atoms with E-state index in [1.807, 2.05) is 36.9 Å². The van der Waals surface area contributed by atoms with Crippen molar-refractivity contribution < 1.29 is 31.9 Å². The van der Waals surface area contributed by atoms with Gasteiger partial charge in [-0.15, -0.1) is 11.3 Å². The van der Waals surface area contributed by atoms with Crippen molar-refractivity contribution in [2.45, 2.75) is 39.0 Å². The third kappa shape index (κ3) is 7.08. The Balaban J connectivity index is 0.000000509. The molecule has 0 amide bonds. The number of H-pyrrole nitrogens is 1. The van der Waals surface area contributed by atoms with E-state index >= 15 is 0 Å². The normalized spacial score (nSPS) is 11.3. The minimum absolute atomic E-state index is 0.170. The molecule has 3 aromatic heterocycles. The number of thiophene rings is 1. The smallest absolute Gasteiger partial charge is 0.475 e. The van der Waals surface area contributed by atoms with Crippen molar-refractivity contribution in [3.8, 4) is 10.4 Å². The SMILES string of the molecule is CC(C)n1cc(-c2ccc(Cn3c(CC(CN)=C(F)F)n[nH]c3=O)s2)cn1.O=C(O)C(F)(F)F. The Morgan fingerprint density at radius 2 is 1.94 bits per heavy atom. The summed E-state index contributed by atoms with van der Waals surface area (Å²) in [4.78, 5) is 22.9. The van der Waals surface area contributed by atoms with Gasteiger partial charge >= 0.3 is 17.8 Å². The van der Waals surface area contributed by atoms with E-state index in [1.165, 1.54) is 15.9 Å². The van der Waals surface area contributed by atoms with Crippen LogP contribution in [0.5, 0.6) is 0 Å². The molecule has 0 bridgehead atoms. The van der Waals surface area contributed by atoms with Gasteiger partial charge in [-0.05, 0) is 26.0 Å². The standard InChI is InChI=1S/C17H20F2N6OS.C2HF3O2/c1-10(2)25-8-12(7-21-25)14-4-3-13(27-14)9-24-15(22-23-17(24)26)5-11(6-20)16(18)19;3-2(4,5)1(6)7/h3-4,7-8,10H,5-6,9,20H2,1-2H3,(H,23,26);(H,6,7). The Bertz CT molecular complexity index is 1200. The van der Waals surface area contributed by atoms with E-state index in [4.69, 9.17) is 15.6 Å². The first-order chi connectivity index (χ1) is 15.8. The van der Waals surface area contributed by atoms with E-state index in [0.717, 1.165) is 15.3 Å². The largest absolute Gasteiger partial charge is 0.490 e. The fourth-order valence-corrected chi connectivity index (χ4v) is 3.55. The molecule has 34 heavy (non-hydrogen) atoms. The topological polar surface area (TPSA) is 132 Å². The van der Waals surface area contributed by atoms with Crippen molar-refractivity contribution in [1.82, 2.24) is 24.5 Å². The summed E-state index contributed by atoms with van der Waals surface area (Å²) in [5.41, 5.74) is 5.67. The quantitative estimate of drug-likeness (QED) is 0.419. The fraction of sp³-hybridized carbons (Fsp3) is 0.368. The highest BCUT2D eigenvalue weighted by molar-refractivity contribution is 7.15. The molecule has 9 nitrogen and oxygen atoms in total. The molecule has 186 valence electrons. The molecular formula is C19H21F5N6O3S. The summed E-state index contributed by atoms with van der Waals surface area (Å²) in [7, 11) is 0. The van der Waals surface area contributed by atoms with Gasteiger partial charge in [0.05, 0.1) is 12.7 Å². The third-order valence-corrected chi connectivity index (χ3v) is 5.47. The van der Waals surface area contributed by atoms with Crippen LogP contribution in [0.4, 0.5) is 22.0 Å². The maximum Gasteiger partial charge on any atom is 0.490 e. The van der Waals surface area contributed by atoms with Gasteiger partial charge in [0.25, 0.3) is 6.08 Å². The van der Waals surface area contributed by atoms with E-state index in [9.17, 15) is 26.7 Å². The Morgan fingerprint density at radius 1 is 1.29 bits per heavy atom. The zero-order valence-electron chi connectivity index (χ0n) is 17.9. The molecule has 0 aromatic carbocycles. The molecule has 0 unspecified atom stereocenters. The minimum atomic E-state index is -5.08. The van der Waals surface area contributed by atoms with Crippen molar-refractivity contribution in [2.75, 3.05) is 6.54 Å². The number of halogens is 5. The molecule has 0 aliphatic carbocycles. The Labute approximate surface area is 193 Å². The lowest BCUT2D eigenvalue weighted by molar-refractivity contribution is -0.192. The number of nitrogens with one attached hydrogen (secondary N) is 1. The minimum Gasteiger partial charge on any atom is -0.475 e. The number of nitrogens with two attached hydrogens (primary N) is 1. The second kappa shape index (κ2) is 11.2. The predicted octanol–water partition coefficient (Wildman–Crippen LogP) is 3.41. The predicted molar refractivity (Wildman–Crippen MR) is 114 cm³/mol. The molecule has 0 saturated heterocycles. The number of carbonyl (C=O) groups is 1. The average Bonchev–Trinajstić information content (AvgIpc) is 3.47. The first-order valence-electron chi connectivity index (χ1n) is 9.64. The van der Waals surface area contributed by atoms with Crippen LogP contribution in [-0.2, 0) is 17.8 Å². The third-order valence-electron chi connectivity index (χ3n) is 4.36. The number of aromatic nitrogens is 5.